The molecule has 1 fully saturated rings. The van der Waals surface area contributed by atoms with Gasteiger partial charge in [-0.25, -0.2) is 4.98 Å². The van der Waals surface area contributed by atoms with Crippen molar-refractivity contribution in [2.75, 3.05) is 36.4 Å². The Morgan fingerprint density at radius 1 is 1.03 bits per heavy atom. The summed E-state index contributed by atoms with van der Waals surface area (Å²) in [6.07, 6.45) is 1.94. The fourth-order valence-electron chi connectivity index (χ4n) is 4.18. The highest BCUT2D eigenvalue weighted by Gasteiger charge is 2.24. The minimum absolute atomic E-state index is 0.0226. The number of hydrogen-bond donors (Lipinski definition) is 1. The average molecular weight is 446 g/mol. The van der Waals surface area contributed by atoms with Crippen LogP contribution in [0.5, 0.6) is 0 Å². The van der Waals surface area contributed by atoms with Crippen LogP contribution in [-0.2, 0) is 4.79 Å². The number of fused-ring (bicyclic) bond motifs is 2. The molecule has 2 aromatic heterocycles. The zero-order chi connectivity index (χ0) is 22.2. The van der Waals surface area contributed by atoms with Crippen LogP contribution in [0.4, 0.5) is 10.8 Å². The highest BCUT2D eigenvalue weighted by molar-refractivity contribution is 7.22. The van der Waals surface area contributed by atoms with Crippen LogP contribution >= 0.6 is 11.3 Å². The van der Waals surface area contributed by atoms with Crippen molar-refractivity contribution >= 4 is 55.1 Å². The molecule has 0 aliphatic carbocycles. The van der Waals surface area contributed by atoms with E-state index in [0.717, 1.165) is 34.5 Å². The van der Waals surface area contributed by atoms with Crippen LogP contribution in [0.25, 0.3) is 21.1 Å². The van der Waals surface area contributed by atoms with Gasteiger partial charge in [0.2, 0.25) is 5.91 Å². The van der Waals surface area contributed by atoms with E-state index in [1.54, 1.807) is 0 Å². The molecule has 0 radical (unpaired) electrons. The normalized spacial score (nSPS) is 14.2. The molecular formula is C24H23N5O2S. The van der Waals surface area contributed by atoms with E-state index in [4.69, 9.17) is 0 Å². The van der Waals surface area contributed by atoms with Crippen molar-refractivity contribution in [1.29, 1.82) is 0 Å². The summed E-state index contributed by atoms with van der Waals surface area (Å²) in [6.45, 7) is 6.43. The number of benzene rings is 2. The molecule has 162 valence electrons. The fraction of sp³-hybridized carbons (Fsp3) is 0.250. The third kappa shape index (κ3) is 3.78. The van der Waals surface area contributed by atoms with E-state index in [1.165, 1.54) is 29.2 Å². The Bertz CT molecular complexity index is 1340. The molecule has 2 amide bonds. The summed E-state index contributed by atoms with van der Waals surface area (Å²) in [5.74, 6) is -0.135. The van der Waals surface area contributed by atoms with E-state index in [2.05, 4.69) is 33.2 Å². The van der Waals surface area contributed by atoms with Crippen molar-refractivity contribution in [2.45, 2.75) is 13.8 Å². The smallest absolute Gasteiger partial charge is 0.254 e. The molecule has 3 heterocycles. The molecule has 1 saturated heterocycles. The molecule has 1 aliphatic heterocycles. The lowest BCUT2D eigenvalue weighted by molar-refractivity contribution is -0.114. The number of amides is 2. The van der Waals surface area contributed by atoms with Crippen molar-refractivity contribution in [3.63, 3.8) is 0 Å². The van der Waals surface area contributed by atoms with Gasteiger partial charge in [0, 0.05) is 44.1 Å². The monoisotopic (exact) mass is 445 g/mol. The van der Waals surface area contributed by atoms with Crippen LogP contribution < -0.4 is 10.2 Å². The first-order valence-electron chi connectivity index (χ1n) is 10.6. The van der Waals surface area contributed by atoms with Crippen LogP contribution in [0.2, 0.25) is 0 Å². The molecule has 1 aliphatic rings. The largest absolute Gasteiger partial charge is 0.367 e. The Morgan fingerprint density at radius 3 is 2.59 bits per heavy atom. The molecule has 0 bridgehead atoms. The number of hydrogen-bond acceptors (Lipinski definition) is 6. The van der Waals surface area contributed by atoms with Crippen LogP contribution in [0.1, 0.15) is 22.8 Å². The number of para-hydroxylation sites is 1. The van der Waals surface area contributed by atoms with E-state index in [9.17, 15) is 9.59 Å². The Balaban J connectivity index is 1.30. The van der Waals surface area contributed by atoms with Crippen LogP contribution in [-0.4, -0.2) is 52.9 Å². The van der Waals surface area contributed by atoms with Gasteiger partial charge in [-0.15, -0.1) is 0 Å². The van der Waals surface area contributed by atoms with Crippen molar-refractivity contribution in [1.82, 2.24) is 14.9 Å². The first-order valence-corrected chi connectivity index (χ1v) is 11.4. The number of nitrogens with zero attached hydrogens (tertiary/aromatic N) is 4. The summed E-state index contributed by atoms with van der Waals surface area (Å²) in [6, 6.07) is 13.7. The molecule has 7 nitrogen and oxygen atoms in total. The third-order valence-corrected chi connectivity index (χ3v) is 6.78. The number of piperazine rings is 1. The second-order valence-corrected chi connectivity index (χ2v) is 8.98. The first-order chi connectivity index (χ1) is 15.5. The number of pyridine rings is 1. The van der Waals surface area contributed by atoms with E-state index in [1.807, 2.05) is 47.5 Å². The number of carbonyl (C=O) groups is 2. The summed E-state index contributed by atoms with van der Waals surface area (Å²) in [5.41, 5.74) is 4.78. The average Bonchev–Trinajstić information content (AvgIpc) is 3.20. The molecule has 8 heteroatoms. The van der Waals surface area contributed by atoms with Gasteiger partial charge >= 0.3 is 0 Å². The Morgan fingerprint density at radius 2 is 1.81 bits per heavy atom. The topological polar surface area (TPSA) is 78.4 Å². The molecule has 32 heavy (non-hydrogen) atoms. The predicted molar refractivity (Wildman–Crippen MR) is 129 cm³/mol. The lowest BCUT2D eigenvalue weighted by Crippen LogP contribution is -2.49. The third-order valence-electron chi connectivity index (χ3n) is 5.84. The standard InChI is InChI=1S/C24H23N5O2S/c1-15-18-5-3-4-6-19(18)25-14-21(15)28-9-11-29(12-10-28)23(31)17-7-8-20-22(13-17)32-24(27-20)26-16(2)30/h3-8,13-14H,9-12H2,1-2H3,(H,26,27,30). The van der Waals surface area contributed by atoms with Gasteiger partial charge in [0.15, 0.2) is 5.13 Å². The lowest BCUT2D eigenvalue weighted by Gasteiger charge is -2.36. The van der Waals surface area contributed by atoms with E-state index in [-0.39, 0.29) is 11.8 Å². The molecule has 1 N–H and O–H groups in total. The van der Waals surface area contributed by atoms with E-state index < -0.39 is 0 Å². The number of thiazole rings is 1. The molecule has 2 aromatic carbocycles. The van der Waals surface area contributed by atoms with Gasteiger partial charge in [0.05, 0.1) is 27.6 Å². The number of rotatable bonds is 3. The van der Waals surface area contributed by atoms with Gasteiger partial charge in [0.25, 0.3) is 5.91 Å². The summed E-state index contributed by atoms with van der Waals surface area (Å²) >= 11 is 1.37. The highest BCUT2D eigenvalue weighted by Crippen LogP contribution is 2.29. The van der Waals surface area contributed by atoms with E-state index in [0.29, 0.717) is 23.8 Å². The van der Waals surface area contributed by atoms with Crippen molar-refractivity contribution in [3.8, 4) is 0 Å². The van der Waals surface area contributed by atoms with Gasteiger partial charge in [-0.2, -0.15) is 0 Å². The molecular weight excluding hydrogens is 422 g/mol. The second-order valence-electron chi connectivity index (χ2n) is 7.95. The maximum atomic E-state index is 13.1. The van der Waals surface area contributed by atoms with Gasteiger partial charge in [-0.1, -0.05) is 29.5 Å². The first kappa shape index (κ1) is 20.4. The number of anilines is 2. The summed E-state index contributed by atoms with van der Waals surface area (Å²) < 4.78 is 0.885. The fourth-order valence-corrected chi connectivity index (χ4v) is 5.13. The summed E-state index contributed by atoms with van der Waals surface area (Å²) in [7, 11) is 0. The maximum Gasteiger partial charge on any atom is 0.254 e. The van der Waals surface area contributed by atoms with E-state index >= 15 is 0 Å². The molecule has 5 rings (SSSR count). The van der Waals surface area contributed by atoms with Crippen LogP contribution in [0.15, 0.2) is 48.7 Å². The Kier molecular flexibility index (Phi) is 5.22. The SMILES string of the molecule is CC(=O)Nc1nc2ccc(C(=O)N3CCN(c4cnc5ccccc5c4C)CC3)cc2s1. The number of carbonyl (C=O) groups excluding carboxylic acids is 2. The lowest BCUT2D eigenvalue weighted by atomic mass is 10.1. The van der Waals surface area contributed by atoms with Crippen molar-refractivity contribution in [2.24, 2.45) is 0 Å². The van der Waals surface area contributed by atoms with Gasteiger partial charge in [-0.3, -0.25) is 14.6 Å². The molecule has 0 unspecified atom stereocenters. The quantitative estimate of drug-likeness (QED) is 0.514. The second kappa shape index (κ2) is 8.20. The Labute approximate surface area is 189 Å². The Hall–Kier alpha value is -3.52. The van der Waals surface area contributed by atoms with Gasteiger partial charge in [0.1, 0.15) is 0 Å². The van der Waals surface area contributed by atoms with Crippen LogP contribution in [0.3, 0.4) is 0 Å². The van der Waals surface area contributed by atoms with Gasteiger partial charge < -0.3 is 15.1 Å². The minimum atomic E-state index is -0.157. The van der Waals surface area contributed by atoms with Gasteiger partial charge in [-0.05, 0) is 36.8 Å². The molecule has 0 spiro atoms. The maximum absolute atomic E-state index is 13.1. The summed E-state index contributed by atoms with van der Waals surface area (Å²) in [4.78, 5) is 37.6. The number of aromatic nitrogens is 2. The highest BCUT2D eigenvalue weighted by atomic mass is 32.1. The van der Waals surface area contributed by atoms with Crippen LogP contribution in [0, 0.1) is 6.92 Å². The van der Waals surface area contributed by atoms with Crippen molar-refractivity contribution in [3.05, 3.63) is 59.8 Å². The zero-order valence-corrected chi connectivity index (χ0v) is 18.8. The molecule has 0 atom stereocenters. The number of aryl methyl sites for hydroxylation is 1. The minimum Gasteiger partial charge on any atom is -0.367 e. The van der Waals surface area contributed by atoms with Crippen molar-refractivity contribution < 1.29 is 9.59 Å². The molecule has 4 aromatic rings. The summed E-state index contributed by atoms with van der Waals surface area (Å²) in [5, 5.41) is 4.42. The number of nitrogens with one attached hydrogen (secondary N) is 1. The predicted octanol–water partition coefficient (Wildman–Crippen LogP) is 4.07. The molecule has 0 saturated carbocycles. The zero-order valence-electron chi connectivity index (χ0n) is 18.0.